The van der Waals surface area contributed by atoms with Crippen LogP contribution in [0, 0.1) is 0 Å². The van der Waals surface area contributed by atoms with Gasteiger partial charge in [0, 0.05) is 32.4 Å². The second-order valence-electron chi connectivity index (χ2n) is 5.88. The molecule has 1 aliphatic heterocycles. The van der Waals surface area contributed by atoms with E-state index in [1.54, 1.807) is 12.3 Å². The Morgan fingerprint density at radius 1 is 1.30 bits per heavy atom. The highest BCUT2D eigenvalue weighted by Crippen LogP contribution is 2.19. The highest BCUT2D eigenvalue weighted by Gasteiger charge is 2.38. The lowest BCUT2D eigenvalue weighted by Crippen LogP contribution is -2.44. The monoisotopic (exact) mass is 362 g/mol. The maximum Gasteiger partial charge on any atom is 0.246 e. The standard InChI is InChI=1S/C14H22N4O3S.ClH/c1-14(2,22(3,20)21)13(19)17-12-5-4-11(10-16-12)18-8-6-15-7-9-18;/h4-5,10,15H,6-9H2,1-3H3,(H,16,17,19);1H. The summed E-state index contributed by atoms with van der Waals surface area (Å²) in [7, 11) is -3.50. The van der Waals surface area contributed by atoms with Gasteiger partial charge in [-0.05, 0) is 26.0 Å². The normalized spacial score (nSPS) is 15.7. The van der Waals surface area contributed by atoms with Gasteiger partial charge in [-0.15, -0.1) is 12.4 Å². The number of nitrogens with zero attached hydrogens (tertiary/aromatic N) is 2. The summed E-state index contributed by atoms with van der Waals surface area (Å²) in [5.74, 6) is -0.238. The summed E-state index contributed by atoms with van der Waals surface area (Å²) < 4.78 is 21.8. The van der Waals surface area contributed by atoms with Crippen molar-refractivity contribution in [3.8, 4) is 0 Å². The molecule has 1 aromatic heterocycles. The molecular weight excluding hydrogens is 340 g/mol. The summed E-state index contributed by atoms with van der Waals surface area (Å²) in [5.41, 5.74) is 0.988. The van der Waals surface area contributed by atoms with Crippen LogP contribution in [0.5, 0.6) is 0 Å². The van der Waals surface area contributed by atoms with Crippen LogP contribution in [0.2, 0.25) is 0 Å². The third kappa shape index (κ3) is 4.55. The van der Waals surface area contributed by atoms with Gasteiger partial charge in [0.1, 0.15) is 10.6 Å². The van der Waals surface area contributed by atoms with Gasteiger partial charge >= 0.3 is 0 Å². The molecule has 0 bridgehead atoms. The van der Waals surface area contributed by atoms with Crippen molar-refractivity contribution in [2.45, 2.75) is 18.6 Å². The molecule has 1 aromatic rings. The van der Waals surface area contributed by atoms with Crippen LogP contribution < -0.4 is 15.5 Å². The van der Waals surface area contributed by atoms with Crippen molar-refractivity contribution in [3.05, 3.63) is 18.3 Å². The van der Waals surface area contributed by atoms with Crippen LogP contribution in [0.25, 0.3) is 0 Å². The zero-order valence-corrected chi connectivity index (χ0v) is 15.1. The topological polar surface area (TPSA) is 91.4 Å². The number of anilines is 2. The fraction of sp³-hybridized carbons (Fsp3) is 0.571. The van der Waals surface area contributed by atoms with E-state index in [9.17, 15) is 13.2 Å². The third-order valence-corrected chi connectivity index (χ3v) is 5.98. The summed E-state index contributed by atoms with van der Waals surface area (Å²) in [6, 6.07) is 3.56. The smallest absolute Gasteiger partial charge is 0.246 e. The lowest BCUT2D eigenvalue weighted by Gasteiger charge is -2.29. The molecule has 0 radical (unpaired) electrons. The molecule has 0 aliphatic carbocycles. The molecule has 0 aromatic carbocycles. The second kappa shape index (κ2) is 7.46. The molecule has 7 nitrogen and oxygen atoms in total. The molecule has 1 fully saturated rings. The van der Waals surface area contributed by atoms with E-state index in [-0.39, 0.29) is 12.4 Å². The minimum Gasteiger partial charge on any atom is -0.368 e. The summed E-state index contributed by atoms with van der Waals surface area (Å²) in [6.45, 7) is 6.45. The first-order valence-electron chi connectivity index (χ1n) is 7.14. The van der Waals surface area contributed by atoms with Crippen molar-refractivity contribution in [3.63, 3.8) is 0 Å². The average molecular weight is 363 g/mol. The Bertz CT molecular complexity index is 640. The number of carbonyl (C=O) groups excluding carboxylic acids is 1. The summed E-state index contributed by atoms with van der Waals surface area (Å²) in [5, 5.41) is 5.84. The molecule has 1 aliphatic rings. The number of hydrogen-bond acceptors (Lipinski definition) is 6. The van der Waals surface area contributed by atoms with Crippen LogP contribution in [0.4, 0.5) is 11.5 Å². The van der Waals surface area contributed by atoms with E-state index in [0.29, 0.717) is 5.82 Å². The Kier molecular flexibility index (Phi) is 6.38. The summed E-state index contributed by atoms with van der Waals surface area (Å²) in [4.78, 5) is 18.5. The van der Waals surface area contributed by atoms with Crippen molar-refractivity contribution in [1.82, 2.24) is 10.3 Å². The fourth-order valence-electron chi connectivity index (χ4n) is 2.01. The van der Waals surface area contributed by atoms with Crippen LogP contribution in [0.15, 0.2) is 18.3 Å². The number of aromatic nitrogens is 1. The van der Waals surface area contributed by atoms with Crippen LogP contribution in [-0.2, 0) is 14.6 Å². The minimum absolute atomic E-state index is 0. The first kappa shape index (κ1) is 19.7. The quantitative estimate of drug-likeness (QED) is 0.818. The van der Waals surface area contributed by atoms with Crippen LogP contribution in [0.3, 0.4) is 0 Å². The number of rotatable bonds is 4. The SMILES string of the molecule is CC(C)(C(=O)Nc1ccc(N2CCNCC2)cn1)S(C)(=O)=O.Cl. The van der Waals surface area contributed by atoms with Crippen LogP contribution >= 0.6 is 12.4 Å². The van der Waals surface area contributed by atoms with E-state index in [2.05, 4.69) is 20.5 Å². The van der Waals surface area contributed by atoms with Crippen molar-refractivity contribution in [1.29, 1.82) is 0 Å². The molecule has 2 heterocycles. The number of pyridine rings is 1. The number of piperazine rings is 1. The highest BCUT2D eigenvalue weighted by molar-refractivity contribution is 7.92. The maximum absolute atomic E-state index is 12.1. The number of sulfone groups is 1. The molecule has 1 amide bonds. The Hall–Kier alpha value is -1.38. The zero-order chi connectivity index (χ0) is 16.4. The number of amides is 1. The summed E-state index contributed by atoms with van der Waals surface area (Å²) >= 11 is 0. The van der Waals surface area contributed by atoms with Crippen LogP contribution in [-0.4, -0.2) is 56.5 Å². The molecule has 1 saturated heterocycles. The first-order chi connectivity index (χ1) is 10.2. The van der Waals surface area contributed by atoms with Gasteiger partial charge in [0.05, 0.1) is 11.9 Å². The molecule has 2 rings (SSSR count). The van der Waals surface area contributed by atoms with E-state index in [4.69, 9.17) is 0 Å². The summed E-state index contributed by atoms with van der Waals surface area (Å²) in [6.07, 6.45) is 2.74. The average Bonchev–Trinajstić information content (AvgIpc) is 2.47. The Balaban J connectivity index is 0.00000264. The second-order valence-corrected chi connectivity index (χ2v) is 8.44. The van der Waals surface area contributed by atoms with Crippen molar-refractivity contribution in [2.75, 3.05) is 42.7 Å². The predicted molar refractivity (Wildman–Crippen MR) is 94.1 cm³/mol. The molecule has 0 atom stereocenters. The third-order valence-electron chi connectivity index (χ3n) is 3.95. The maximum atomic E-state index is 12.1. The minimum atomic E-state index is -3.50. The molecule has 9 heteroatoms. The van der Waals surface area contributed by atoms with Crippen molar-refractivity contribution in [2.24, 2.45) is 0 Å². The van der Waals surface area contributed by atoms with Crippen LogP contribution in [0.1, 0.15) is 13.8 Å². The first-order valence-corrected chi connectivity index (χ1v) is 9.04. The van der Waals surface area contributed by atoms with Gasteiger partial charge in [-0.25, -0.2) is 13.4 Å². The fourth-order valence-corrected chi connectivity index (χ4v) is 2.39. The van der Waals surface area contributed by atoms with E-state index in [0.717, 1.165) is 38.1 Å². The van der Waals surface area contributed by atoms with Gasteiger partial charge in [0.15, 0.2) is 9.84 Å². The van der Waals surface area contributed by atoms with Gasteiger partial charge < -0.3 is 15.5 Å². The lowest BCUT2D eigenvalue weighted by molar-refractivity contribution is -0.117. The number of hydrogen-bond donors (Lipinski definition) is 2. The lowest BCUT2D eigenvalue weighted by atomic mass is 10.2. The van der Waals surface area contributed by atoms with E-state index in [1.807, 2.05) is 6.07 Å². The van der Waals surface area contributed by atoms with Gasteiger partial charge in [-0.1, -0.05) is 0 Å². The molecule has 130 valence electrons. The van der Waals surface area contributed by atoms with Gasteiger partial charge in [0.2, 0.25) is 5.91 Å². The number of halogens is 1. The van der Waals surface area contributed by atoms with Crippen molar-refractivity contribution < 1.29 is 13.2 Å². The Labute approximate surface area is 143 Å². The Morgan fingerprint density at radius 3 is 2.39 bits per heavy atom. The van der Waals surface area contributed by atoms with Gasteiger partial charge in [-0.2, -0.15) is 0 Å². The van der Waals surface area contributed by atoms with Gasteiger partial charge in [-0.3, -0.25) is 4.79 Å². The number of nitrogens with one attached hydrogen (secondary N) is 2. The van der Waals surface area contributed by atoms with Crippen molar-refractivity contribution >= 4 is 39.7 Å². The molecule has 0 spiro atoms. The van der Waals surface area contributed by atoms with E-state index >= 15 is 0 Å². The zero-order valence-electron chi connectivity index (χ0n) is 13.5. The molecule has 0 saturated carbocycles. The molecular formula is C14H23ClN4O3S. The number of carbonyl (C=O) groups is 1. The largest absolute Gasteiger partial charge is 0.368 e. The molecule has 0 unspecified atom stereocenters. The highest BCUT2D eigenvalue weighted by atomic mass is 35.5. The van der Waals surface area contributed by atoms with Gasteiger partial charge in [0.25, 0.3) is 0 Å². The Morgan fingerprint density at radius 2 is 1.91 bits per heavy atom. The molecule has 23 heavy (non-hydrogen) atoms. The molecule has 2 N–H and O–H groups in total. The van der Waals surface area contributed by atoms with E-state index in [1.165, 1.54) is 13.8 Å². The van der Waals surface area contributed by atoms with E-state index < -0.39 is 20.5 Å². The predicted octanol–water partition coefficient (Wildman–Crippen LogP) is 0.675.